The number of halogens is 1. The average molecular weight is 254 g/mol. The van der Waals surface area contributed by atoms with E-state index in [9.17, 15) is 0 Å². The van der Waals surface area contributed by atoms with E-state index in [2.05, 4.69) is 65.9 Å². The number of aryl methyl sites for hydroxylation is 1. The van der Waals surface area contributed by atoms with Crippen LogP contribution >= 0.6 is 15.9 Å². The van der Waals surface area contributed by atoms with Crippen LogP contribution in [0.1, 0.15) is 24.1 Å². The molecular formula is C12H16BrN. The fourth-order valence-electron chi connectivity index (χ4n) is 1.24. The Hall–Kier alpha value is -0.600. The molecule has 0 aliphatic rings. The summed E-state index contributed by atoms with van der Waals surface area (Å²) < 4.78 is 0.983. The van der Waals surface area contributed by atoms with Crippen LogP contribution in [0, 0.1) is 6.92 Å². The van der Waals surface area contributed by atoms with Gasteiger partial charge in [0, 0.05) is 17.1 Å². The van der Waals surface area contributed by atoms with Crippen molar-refractivity contribution in [2.75, 3.05) is 6.54 Å². The lowest BCUT2D eigenvalue weighted by molar-refractivity contribution is 0.616. The van der Waals surface area contributed by atoms with Crippen molar-refractivity contribution in [1.82, 2.24) is 5.32 Å². The van der Waals surface area contributed by atoms with Gasteiger partial charge in [0.15, 0.2) is 0 Å². The van der Waals surface area contributed by atoms with Gasteiger partial charge in [-0.1, -0.05) is 52.3 Å². The summed E-state index contributed by atoms with van der Waals surface area (Å²) in [7, 11) is 0. The molecule has 1 N–H and O–H groups in total. The van der Waals surface area contributed by atoms with E-state index in [1.165, 1.54) is 11.1 Å². The fraction of sp³-hybridized carbons (Fsp3) is 0.333. The maximum atomic E-state index is 3.79. The van der Waals surface area contributed by atoms with Gasteiger partial charge in [-0.15, -0.1) is 0 Å². The van der Waals surface area contributed by atoms with Crippen molar-refractivity contribution >= 4 is 15.9 Å². The fourth-order valence-corrected chi connectivity index (χ4v) is 1.40. The van der Waals surface area contributed by atoms with Crippen LogP contribution in [-0.4, -0.2) is 6.54 Å². The van der Waals surface area contributed by atoms with Crippen molar-refractivity contribution in [2.45, 2.75) is 19.9 Å². The summed E-state index contributed by atoms with van der Waals surface area (Å²) in [4.78, 5) is 0. The van der Waals surface area contributed by atoms with Crippen LogP contribution in [0.3, 0.4) is 0 Å². The molecular weight excluding hydrogens is 238 g/mol. The standard InChI is InChI=1S/C12H16BrN/c1-9-4-6-12(7-5-9)11(3)14-8-10(2)13/h4-7,11,14H,2,8H2,1,3H3. The van der Waals surface area contributed by atoms with Gasteiger partial charge in [0.1, 0.15) is 0 Å². The van der Waals surface area contributed by atoms with Crippen LogP contribution in [0.15, 0.2) is 35.3 Å². The average Bonchev–Trinajstić information content (AvgIpc) is 2.15. The molecule has 0 spiro atoms. The normalized spacial score (nSPS) is 12.5. The summed E-state index contributed by atoms with van der Waals surface area (Å²) in [6, 6.07) is 8.95. The molecule has 0 saturated carbocycles. The Morgan fingerprint density at radius 1 is 1.43 bits per heavy atom. The summed E-state index contributed by atoms with van der Waals surface area (Å²) in [6.07, 6.45) is 0. The van der Waals surface area contributed by atoms with Crippen molar-refractivity contribution in [2.24, 2.45) is 0 Å². The van der Waals surface area contributed by atoms with Crippen LogP contribution in [0.25, 0.3) is 0 Å². The highest BCUT2D eigenvalue weighted by atomic mass is 79.9. The van der Waals surface area contributed by atoms with Gasteiger partial charge in [0.05, 0.1) is 0 Å². The highest BCUT2D eigenvalue weighted by Gasteiger charge is 2.03. The zero-order valence-corrected chi connectivity index (χ0v) is 10.3. The third-order valence-corrected chi connectivity index (χ3v) is 2.46. The first kappa shape index (κ1) is 11.5. The Morgan fingerprint density at radius 3 is 2.50 bits per heavy atom. The minimum absolute atomic E-state index is 0.366. The predicted molar refractivity (Wildman–Crippen MR) is 65.7 cm³/mol. The van der Waals surface area contributed by atoms with Gasteiger partial charge in [0.2, 0.25) is 0 Å². The number of nitrogens with one attached hydrogen (secondary N) is 1. The van der Waals surface area contributed by atoms with Crippen molar-refractivity contribution in [3.8, 4) is 0 Å². The van der Waals surface area contributed by atoms with Gasteiger partial charge in [-0.2, -0.15) is 0 Å². The molecule has 14 heavy (non-hydrogen) atoms. The quantitative estimate of drug-likeness (QED) is 0.866. The number of hydrogen-bond donors (Lipinski definition) is 1. The van der Waals surface area contributed by atoms with Gasteiger partial charge < -0.3 is 5.32 Å². The van der Waals surface area contributed by atoms with E-state index in [1.54, 1.807) is 0 Å². The topological polar surface area (TPSA) is 12.0 Å². The molecule has 0 saturated heterocycles. The van der Waals surface area contributed by atoms with Crippen molar-refractivity contribution in [3.63, 3.8) is 0 Å². The Balaban J connectivity index is 2.56. The van der Waals surface area contributed by atoms with E-state index in [0.717, 1.165) is 11.0 Å². The third-order valence-electron chi connectivity index (χ3n) is 2.18. The largest absolute Gasteiger partial charge is 0.306 e. The van der Waals surface area contributed by atoms with Crippen LogP contribution in [-0.2, 0) is 0 Å². The van der Waals surface area contributed by atoms with E-state index in [1.807, 2.05) is 0 Å². The van der Waals surface area contributed by atoms with E-state index >= 15 is 0 Å². The van der Waals surface area contributed by atoms with E-state index in [4.69, 9.17) is 0 Å². The second-order valence-corrected chi connectivity index (χ2v) is 4.65. The molecule has 1 unspecified atom stereocenters. The molecule has 0 heterocycles. The summed E-state index contributed by atoms with van der Waals surface area (Å²) >= 11 is 3.33. The van der Waals surface area contributed by atoms with Crippen LogP contribution in [0.5, 0.6) is 0 Å². The Kier molecular flexibility index (Phi) is 4.36. The molecule has 0 fully saturated rings. The minimum atomic E-state index is 0.366. The van der Waals surface area contributed by atoms with Crippen molar-refractivity contribution in [3.05, 3.63) is 46.5 Å². The maximum Gasteiger partial charge on any atom is 0.0295 e. The molecule has 0 aromatic heterocycles. The van der Waals surface area contributed by atoms with Crippen LogP contribution in [0.4, 0.5) is 0 Å². The highest BCUT2D eigenvalue weighted by molar-refractivity contribution is 9.11. The molecule has 1 aromatic rings. The lowest BCUT2D eigenvalue weighted by Gasteiger charge is -2.13. The van der Waals surface area contributed by atoms with Gasteiger partial charge >= 0.3 is 0 Å². The van der Waals surface area contributed by atoms with E-state index in [0.29, 0.717) is 6.04 Å². The summed E-state index contributed by atoms with van der Waals surface area (Å²) in [6.45, 7) is 8.84. The molecule has 1 aromatic carbocycles. The van der Waals surface area contributed by atoms with Gasteiger partial charge in [0.25, 0.3) is 0 Å². The molecule has 1 nitrogen and oxygen atoms in total. The summed E-state index contributed by atoms with van der Waals surface area (Å²) in [5.41, 5.74) is 2.61. The first-order chi connectivity index (χ1) is 6.59. The SMILES string of the molecule is C=C(Br)CNC(C)c1ccc(C)cc1. The van der Waals surface area contributed by atoms with E-state index < -0.39 is 0 Å². The lowest BCUT2D eigenvalue weighted by Crippen LogP contribution is -2.19. The minimum Gasteiger partial charge on any atom is -0.306 e. The zero-order chi connectivity index (χ0) is 10.6. The zero-order valence-electron chi connectivity index (χ0n) is 8.68. The Labute approximate surface area is 94.3 Å². The highest BCUT2D eigenvalue weighted by Crippen LogP contribution is 2.13. The molecule has 0 amide bonds. The second-order valence-electron chi connectivity index (χ2n) is 3.53. The van der Waals surface area contributed by atoms with Crippen molar-refractivity contribution < 1.29 is 0 Å². The third kappa shape index (κ3) is 3.64. The maximum absolute atomic E-state index is 3.79. The van der Waals surface area contributed by atoms with Crippen LogP contribution in [0.2, 0.25) is 0 Å². The smallest absolute Gasteiger partial charge is 0.0295 e. The number of rotatable bonds is 4. The van der Waals surface area contributed by atoms with Crippen molar-refractivity contribution in [1.29, 1.82) is 0 Å². The first-order valence-corrected chi connectivity index (χ1v) is 5.52. The molecule has 1 atom stereocenters. The molecule has 1 rings (SSSR count). The van der Waals surface area contributed by atoms with Gasteiger partial charge in [-0.05, 0) is 19.4 Å². The van der Waals surface area contributed by atoms with Gasteiger partial charge in [-0.25, -0.2) is 0 Å². The molecule has 2 heteroatoms. The molecule has 0 radical (unpaired) electrons. The predicted octanol–water partition coefficient (Wildman–Crippen LogP) is 3.55. The first-order valence-electron chi connectivity index (χ1n) is 4.73. The van der Waals surface area contributed by atoms with Gasteiger partial charge in [-0.3, -0.25) is 0 Å². The monoisotopic (exact) mass is 253 g/mol. The second kappa shape index (κ2) is 5.32. The molecule has 0 bridgehead atoms. The summed E-state index contributed by atoms with van der Waals surface area (Å²) in [5.74, 6) is 0. The Morgan fingerprint density at radius 2 is 2.00 bits per heavy atom. The summed E-state index contributed by atoms with van der Waals surface area (Å²) in [5, 5.41) is 3.37. The van der Waals surface area contributed by atoms with Crippen LogP contribution < -0.4 is 5.32 Å². The molecule has 0 aliphatic heterocycles. The number of benzene rings is 1. The molecule has 76 valence electrons. The Bertz CT molecular complexity index is 303. The van der Waals surface area contributed by atoms with E-state index in [-0.39, 0.29) is 0 Å². The lowest BCUT2D eigenvalue weighted by atomic mass is 10.1. The number of hydrogen-bond acceptors (Lipinski definition) is 1. The molecule has 0 aliphatic carbocycles.